The Hall–Kier alpha value is -1.88. The molecule has 0 aliphatic carbocycles. The van der Waals surface area contributed by atoms with Gasteiger partial charge in [-0.25, -0.2) is 0 Å². The van der Waals surface area contributed by atoms with Gasteiger partial charge in [0.25, 0.3) is 0 Å². The molecule has 0 radical (unpaired) electrons. The molecule has 0 aliphatic heterocycles. The Bertz CT molecular complexity index is 618. The lowest BCUT2D eigenvalue weighted by atomic mass is 10.2. The topological polar surface area (TPSA) is 70.9 Å². The fourth-order valence-electron chi connectivity index (χ4n) is 1.60. The quantitative estimate of drug-likeness (QED) is 0.653. The van der Waals surface area contributed by atoms with Gasteiger partial charge in [-0.15, -0.1) is 0 Å². The molecule has 0 unspecified atom stereocenters. The number of hydrogen-bond acceptors (Lipinski definition) is 2. The predicted octanol–water partition coefficient (Wildman–Crippen LogP) is 1.49. The highest BCUT2D eigenvalue weighted by atomic mass is 32.1. The van der Waals surface area contributed by atoms with Gasteiger partial charge in [0, 0.05) is 28.4 Å². The maximum atomic E-state index is 11.7. The molecule has 0 fully saturated rings. The molecular formula is C11H11N3OS. The van der Waals surface area contributed by atoms with Crippen molar-refractivity contribution in [1.82, 2.24) is 4.98 Å². The van der Waals surface area contributed by atoms with Crippen LogP contribution in [0.25, 0.3) is 10.9 Å². The van der Waals surface area contributed by atoms with Crippen molar-refractivity contribution in [3.63, 3.8) is 0 Å². The lowest BCUT2D eigenvalue weighted by Gasteiger charge is -2.05. The predicted molar refractivity (Wildman–Crippen MR) is 69.7 cm³/mol. The number of anilines is 1. The van der Waals surface area contributed by atoms with Gasteiger partial charge in [0.1, 0.15) is 0 Å². The molecule has 16 heavy (non-hydrogen) atoms. The smallest absolute Gasteiger partial charge is 0.189 e. The fraction of sp³-hybridized carbons (Fsp3) is 0.0909. The van der Waals surface area contributed by atoms with Crippen LogP contribution in [0.1, 0.15) is 5.69 Å². The molecular weight excluding hydrogens is 222 g/mol. The van der Waals surface area contributed by atoms with Gasteiger partial charge in [0.2, 0.25) is 0 Å². The number of nitrogens with one attached hydrogen (secondary N) is 2. The molecule has 0 amide bonds. The Morgan fingerprint density at radius 1 is 1.44 bits per heavy atom. The highest BCUT2D eigenvalue weighted by molar-refractivity contribution is 7.80. The number of H-pyrrole nitrogens is 1. The summed E-state index contributed by atoms with van der Waals surface area (Å²) >= 11 is 4.73. The molecule has 0 saturated carbocycles. The summed E-state index contributed by atoms with van der Waals surface area (Å²) in [6.45, 7) is 1.85. The summed E-state index contributed by atoms with van der Waals surface area (Å²) in [5, 5.41) is 3.60. The third kappa shape index (κ3) is 2.04. The number of benzene rings is 1. The van der Waals surface area contributed by atoms with Gasteiger partial charge >= 0.3 is 0 Å². The Balaban J connectivity index is 2.62. The van der Waals surface area contributed by atoms with E-state index in [0.717, 1.165) is 11.2 Å². The first-order chi connectivity index (χ1) is 7.56. The Morgan fingerprint density at radius 2 is 2.19 bits per heavy atom. The summed E-state index contributed by atoms with van der Waals surface area (Å²) in [5.74, 6) is 0. The van der Waals surface area contributed by atoms with Crippen molar-refractivity contribution in [3.05, 3.63) is 40.2 Å². The summed E-state index contributed by atoms with van der Waals surface area (Å²) < 4.78 is 0. The first-order valence-corrected chi connectivity index (χ1v) is 5.17. The number of pyridine rings is 1. The molecule has 2 rings (SSSR count). The maximum Gasteiger partial charge on any atom is 0.189 e. The van der Waals surface area contributed by atoms with Crippen LogP contribution in [-0.4, -0.2) is 10.1 Å². The second-order valence-corrected chi connectivity index (χ2v) is 4.01. The fourth-order valence-corrected chi connectivity index (χ4v) is 1.72. The third-order valence-electron chi connectivity index (χ3n) is 2.23. The van der Waals surface area contributed by atoms with E-state index in [2.05, 4.69) is 10.3 Å². The van der Waals surface area contributed by atoms with Crippen molar-refractivity contribution in [2.75, 3.05) is 5.32 Å². The van der Waals surface area contributed by atoms with Gasteiger partial charge in [0.05, 0.1) is 0 Å². The lowest BCUT2D eigenvalue weighted by molar-refractivity contribution is 1.24. The van der Waals surface area contributed by atoms with Crippen LogP contribution in [0, 0.1) is 6.92 Å². The minimum Gasteiger partial charge on any atom is -0.376 e. The van der Waals surface area contributed by atoms with E-state index < -0.39 is 0 Å². The summed E-state index contributed by atoms with van der Waals surface area (Å²) in [5.41, 5.74) is 7.71. The van der Waals surface area contributed by atoms with E-state index in [1.165, 1.54) is 0 Å². The van der Waals surface area contributed by atoms with Gasteiger partial charge in [-0.05, 0) is 37.3 Å². The third-order valence-corrected chi connectivity index (χ3v) is 2.33. The number of aromatic nitrogens is 1. The average molecular weight is 233 g/mol. The van der Waals surface area contributed by atoms with Crippen LogP contribution in [-0.2, 0) is 0 Å². The molecule has 1 aromatic heterocycles. The first kappa shape index (κ1) is 10.6. The molecule has 0 atom stereocenters. The van der Waals surface area contributed by atoms with Gasteiger partial charge in [0.15, 0.2) is 10.5 Å². The Morgan fingerprint density at radius 3 is 2.88 bits per heavy atom. The van der Waals surface area contributed by atoms with Crippen molar-refractivity contribution in [1.29, 1.82) is 0 Å². The summed E-state index contributed by atoms with van der Waals surface area (Å²) in [7, 11) is 0. The van der Waals surface area contributed by atoms with Crippen molar-refractivity contribution in [2.24, 2.45) is 5.73 Å². The molecule has 2 aromatic rings. The van der Waals surface area contributed by atoms with Crippen LogP contribution in [0.5, 0.6) is 0 Å². The molecule has 4 nitrogen and oxygen atoms in total. The van der Waals surface area contributed by atoms with Gasteiger partial charge < -0.3 is 16.0 Å². The lowest BCUT2D eigenvalue weighted by Crippen LogP contribution is -2.19. The highest BCUT2D eigenvalue weighted by Gasteiger charge is 2.01. The van der Waals surface area contributed by atoms with Crippen molar-refractivity contribution < 1.29 is 0 Å². The largest absolute Gasteiger partial charge is 0.376 e. The standard InChI is InChI=1S/C11H11N3OS/c1-6-4-10(15)8-5-7(14-11(12)16)2-3-9(8)13-6/h2-5H,1H3,(H,13,15)(H3,12,14,16). The van der Waals surface area contributed by atoms with Crippen LogP contribution in [0.4, 0.5) is 5.69 Å². The SMILES string of the molecule is Cc1cc(=O)c2cc(NC(N)=S)ccc2[nH]1. The summed E-state index contributed by atoms with van der Waals surface area (Å²) in [6.07, 6.45) is 0. The van der Waals surface area contributed by atoms with Crippen LogP contribution in [0.2, 0.25) is 0 Å². The normalized spacial score (nSPS) is 10.3. The molecule has 1 heterocycles. The maximum absolute atomic E-state index is 11.7. The number of nitrogens with two attached hydrogens (primary N) is 1. The zero-order valence-electron chi connectivity index (χ0n) is 8.70. The van der Waals surface area contributed by atoms with Crippen LogP contribution < -0.4 is 16.5 Å². The highest BCUT2D eigenvalue weighted by Crippen LogP contribution is 2.14. The minimum atomic E-state index is -0.0159. The number of rotatable bonds is 1. The minimum absolute atomic E-state index is 0.0159. The van der Waals surface area contributed by atoms with E-state index >= 15 is 0 Å². The van der Waals surface area contributed by atoms with E-state index in [0.29, 0.717) is 11.1 Å². The van der Waals surface area contributed by atoms with E-state index in [-0.39, 0.29) is 10.5 Å². The number of fused-ring (bicyclic) bond motifs is 1. The first-order valence-electron chi connectivity index (χ1n) is 4.76. The van der Waals surface area contributed by atoms with E-state index in [4.69, 9.17) is 18.0 Å². The monoisotopic (exact) mass is 233 g/mol. The summed E-state index contributed by atoms with van der Waals surface area (Å²) in [4.78, 5) is 14.8. The molecule has 0 spiro atoms. The number of thiocarbonyl (C=S) groups is 1. The zero-order chi connectivity index (χ0) is 11.7. The zero-order valence-corrected chi connectivity index (χ0v) is 9.52. The molecule has 0 saturated heterocycles. The molecule has 1 aromatic carbocycles. The molecule has 82 valence electrons. The van der Waals surface area contributed by atoms with Crippen LogP contribution >= 0.6 is 12.2 Å². The average Bonchev–Trinajstić information content (AvgIpc) is 2.18. The second-order valence-electron chi connectivity index (χ2n) is 3.57. The summed E-state index contributed by atoms with van der Waals surface area (Å²) in [6, 6.07) is 6.93. The molecule has 0 bridgehead atoms. The second kappa shape index (κ2) is 3.94. The molecule has 4 N–H and O–H groups in total. The van der Waals surface area contributed by atoms with E-state index in [1.807, 2.05) is 19.1 Å². The van der Waals surface area contributed by atoms with Crippen molar-refractivity contribution in [2.45, 2.75) is 6.92 Å². The van der Waals surface area contributed by atoms with Crippen molar-refractivity contribution in [3.8, 4) is 0 Å². The number of aromatic amines is 1. The number of aryl methyl sites for hydroxylation is 1. The van der Waals surface area contributed by atoms with Crippen LogP contribution in [0.3, 0.4) is 0 Å². The van der Waals surface area contributed by atoms with Crippen molar-refractivity contribution >= 4 is 33.9 Å². The van der Waals surface area contributed by atoms with Gasteiger partial charge in [-0.3, -0.25) is 4.79 Å². The molecule has 0 aliphatic rings. The van der Waals surface area contributed by atoms with Gasteiger partial charge in [-0.2, -0.15) is 0 Å². The van der Waals surface area contributed by atoms with Gasteiger partial charge in [-0.1, -0.05) is 0 Å². The molecule has 5 heteroatoms. The van der Waals surface area contributed by atoms with E-state index in [9.17, 15) is 4.79 Å². The van der Waals surface area contributed by atoms with Crippen LogP contribution in [0.15, 0.2) is 29.1 Å². The number of hydrogen-bond donors (Lipinski definition) is 3. The Kier molecular flexibility index (Phi) is 2.62. The Labute approximate surface area is 97.5 Å². The van der Waals surface area contributed by atoms with E-state index in [1.54, 1.807) is 12.1 Å².